The molecular weight excluding hydrogens is 124 g/mol. The lowest BCUT2D eigenvalue weighted by Crippen LogP contribution is -1.80. The Morgan fingerprint density at radius 1 is 1.75 bits per heavy atom. The van der Waals surface area contributed by atoms with Gasteiger partial charge in [-0.2, -0.15) is 0 Å². The minimum absolute atomic E-state index is 0. The van der Waals surface area contributed by atoms with Gasteiger partial charge in [-0.05, 0) is 6.92 Å². The van der Waals surface area contributed by atoms with Crippen molar-refractivity contribution in [2.24, 2.45) is 0 Å². The molecule has 1 rings (SSSR count). The van der Waals surface area contributed by atoms with E-state index in [0.717, 1.165) is 5.69 Å². The van der Waals surface area contributed by atoms with E-state index in [1.165, 1.54) is 11.3 Å². The van der Waals surface area contributed by atoms with Gasteiger partial charge in [0.2, 0.25) is 0 Å². The Morgan fingerprint density at radius 2 is 2.38 bits per heavy atom. The molecule has 0 atom stereocenters. The zero-order chi connectivity index (χ0) is 5.28. The van der Waals surface area contributed by atoms with Gasteiger partial charge in [-0.15, -0.1) is 11.3 Å². The molecule has 0 saturated carbocycles. The lowest BCUT2D eigenvalue weighted by molar-refractivity contribution is 0.824. The van der Waals surface area contributed by atoms with Crippen LogP contribution in [0.4, 0.5) is 5.13 Å². The Kier molecular flexibility index (Phi) is 2.44. The van der Waals surface area contributed by atoms with Gasteiger partial charge in [-0.3, -0.25) is 0 Å². The number of nitrogen functional groups attached to an aromatic ring is 1. The molecule has 0 fully saturated rings. The van der Waals surface area contributed by atoms with Crippen molar-refractivity contribution in [1.29, 1.82) is 0 Å². The van der Waals surface area contributed by atoms with Gasteiger partial charge in [-0.1, -0.05) is 0 Å². The SMILES string of the molecule is Cc1csc(N)n1.O. The minimum Gasteiger partial charge on any atom is -0.412 e. The summed E-state index contributed by atoms with van der Waals surface area (Å²) < 4.78 is 0. The Labute approximate surface area is 51.5 Å². The number of aromatic nitrogens is 1. The Balaban J connectivity index is 0.000000490. The molecular formula is C4H8N2OS. The number of hydrogen-bond acceptors (Lipinski definition) is 3. The molecule has 0 aliphatic rings. The number of anilines is 1. The van der Waals surface area contributed by atoms with Crippen LogP contribution in [-0.4, -0.2) is 10.5 Å². The Bertz CT molecular complexity index is 146. The fraction of sp³-hybridized carbons (Fsp3) is 0.250. The first-order valence-electron chi connectivity index (χ1n) is 1.96. The molecule has 1 aromatic rings. The predicted molar refractivity (Wildman–Crippen MR) is 34.9 cm³/mol. The average molecular weight is 132 g/mol. The highest BCUT2D eigenvalue weighted by Crippen LogP contribution is 2.08. The smallest absolute Gasteiger partial charge is 0.180 e. The Morgan fingerprint density at radius 3 is 2.50 bits per heavy atom. The average Bonchev–Trinajstić information content (AvgIpc) is 1.87. The van der Waals surface area contributed by atoms with Crippen LogP contribution in [0.1, 0.15) is 5.69 Å². The maximum Gasteiger partial charge on any atom is 0.180 e. The summed E-state index contributed by atoms with van der Waals surface area (Å²) in [6, 6.07) is 0. The van der Waals surface area contributed by atoms with E-state index in [4.69, 9.17) is 5.73 Å². The second-order valence-corrected chi connectivity index (χ2v) is 2.22. The topological polar surface area (TPSA) is 70.4 Å². The molecule has 0 amide bonds. The van der Waals surface area contributed by atoms with E-state index < -0.39 is 0 Å². The van der Waals surface area contributed by atoms with Gasteiger partial charge in [0.15, 0.2) is 5.13 Å². The van der Waals surface area contributed by atoms with E-state index >= 15 is 0 Å². The standard InChI is InChI=1S/C4H6N2S.H2O/c1-3-2-7-4(5)6-3;/h2H,1H3,(H2,5,6);1H2. The molecule has 0 aromatic carbocycles. The monoisotopic (exact) mass is 132 g/mol. The van der Waals surface area contributed by atoms with Crippen molar-refractivity contribution in [3.8, 4) is 0 Å². The molecule has 4 heteroatoms. The van der Waals surface area contributed by atoms with Gasteiger partial charge in [0, 0.05) is 5.38 Å². The third-order valence-corrected chi connectivity index (χ3v) is 1.43. The molecule has 3 nitrogen and oxygen atoms in total. The molecule has 0 bridgehead atoms. The van der Waals surface area contributed by atoms with Crippen molar-refractivity contribution in [3.05, 3.63) is 11.1 Å². The molecule has 0 unspecified atom stereocenters. The fourth-order valence-electron chi connectivity index (χ4n) is 0.372. The summed E-state index contributed by atoms with van der Waals surface area (Å²) >= 11 is 1.47. The molecule has 46 valence electrons. The lowest BCUT2D eigenvalue weighted by Gasteiger charge is -1.72. The highest BCUT2D eigenvalue weighted by molar-refractivity contribution is 7.13. The van der Waals surface area contributed by atoms with Crippen LogP contribution in [0.2, 0.25) is 0 Å². The summed E-state index contributed by atoms with van der Waals surface area (Å²) in [4.78, 5) is 3.91. The van der Waals surface area contributed by atoms with Crippen molar-refractivity contribution in [3.63, 3.8) is 0 Å². The highest BCUT2D eigenvalue weighted by Gasteiger charge is 1.86. The molecule has 4 N–H and O–H groups in total. The number of rotatable bonds is 0. The molecule has 1 heterocycles. The van der Waals surface area contributed by atoms with Crippen molar-refractivity contribution < 1.29 is 5.48 Å². The lowest BCUT2D eigenvalue weighted by atomic mass is 10.6. The zero-order valence-electron chi connectivity index (χ0n) is 4.51. The van der Waals surface area contributed by atoms with Crippen molar-refractivity contribution in [2.45, 2.75) is 6.92 Å². The molecule has 0 aliphatic heterocycles. The van der Waals surface area contributed by atoms with E-state index in [-0.39, 0.29) is 5.48 Å². The highest BCUT2D eigenvalue weighted by atomic mass is 32.1. The normalized spacial score (nSPS) is 8.12. The molecule has 1 aromatic heterocycles. The summed E-state index contributed by atoms with van der Waals surface area (Å²) in [6.45, 7) is 1.92. The third kappa shape index (κ3) is 1.48. The van der Waals surface area contributed by atoms with Crippen LogP contribution in [0.25, 0.3) is 0 Å². The van der Waals surface area contributed by atoms with Gasteiger partial charge >= 0.3 is 0 Å². The first-order valence-corrected chi connectivity index (χ1v) is 2.84. The van der Waals surface area contributed by atoms with Gasteiger partial charge < -0.3 is 11.2 Å². The van der Waals surface area contributed by atoms with Crippen LogP contribution >= 0.6 is 11.3 Å². The van der Waals surface area contributed by atoms with E-state index in [0.29, 0.717) is 5.13 Å². The molecule has 0 radical (unpaired) electrons. The number of nitrogens with zero attached hydrogens (tertiary/aromatic N) is 1. The zero-order valence-corrected chi connectivity index (χ0v) is 5.33. The quantitative estimate of drug-likeness (QED) is 0.548. The van der Waals surface area contributed by atoms with Crippen LogP contribution in [0.3, 0.4) is 0 Å². The third-order valence-electron chi connectivity index (χ3n) is 0.637. The maximum absolute atomic E-state index is 5.29. The molecule has 0 aliphatic carbocycles. The molecule has 0 spiro atoms. The van der Waals surface area contributed by atoms with Crippen molar-refractivity contribution >= 4 is 16.5 Å². The van der Waals surface area contributed by atoms with E-state index in [2.05, 4.69) is 4.98 Å². The Hall–Kier alpha value is -0.610. The van der Waals surface area contributed by atoms with Gasteiger partial charge in [0.25, 0.3) is 0 Å². The summed E-state index contributed by atoms with van der Waals surface area (Å²) in [7, 11) is 0. The van der Waals surface area contributed by atoms with Crippen molar-refractivity contribution in [2.75, 3.05) is 5.73 Å². The fourth-order valence-corrected chi connectivity index (χ4v) is 0.913. The van der Waals surface area contributed by atoms with Gasteiger partial charge in [-0.25, -0.2) is 4.98 Å². The van der Waals surface area contributed by atoms with E-state index in [1.807, 2.05) is 12.3 Å². The predicted octanol–water partition coefficient (Wildman–Crippen LogP) is 0.209. The van der Waals surface area contributed by atoms with E-state index in [9.17, 15) is 0 Å². The first kappa shape index (κ1) is 7.39. The minimum atomic E-state index is 0. The van der Waals surface area contributed by atoms with Gasteiger partial charge in [0.05, 0.1) is 5.69 Å². The number of nitrogens with two attached hydrogens (primary N) is 1. The van der Waals surface area contributed by atoms with Crippen LogP contribution in [-0.2, 0) is 0 Å². The second-order valence-electron chi connectivity index (χ2n) is 1.33. The first-order chi connectivity index (χ1) is 3.29. The van der Waals surface area contributed by atoms with E-state index in [1.54, 1.807) is 0 Å². The summed E-state index contributed by atoms with van der Waals surface area (Å²) in [5, 5.41) is 2.58. The van der Waals surface area contributed by atoms with Gasteiger partial charge in [0.1, 0.15) is 0 Å². The maximum atomic E-state index is 5.29. The number of hydrogen-bond donors (Lipinski definition) is 1. The second kappa shape index (κ2) is 2.64. The van der Waals surface area contributed by atoms with Crippen LogP contribution in [0, 0.1) is 6.92 Å². The summed E-state index contributed by atoms with van der Waals surface area (Å²) in [5.41, 5.74) is 6.29. The largest absolute Gasteiger partial charge is 0.412 e. The molecule has 8 heavy (non-hydrogen) atoms. The summed E-state index contributed by atoms with van der Waals surface area (Å²) in [5.74, 6) is 0. The van der Waals surface area contributed by atoms with Crippen molar-refractivity contribution in [1.82, 2.24) is 4.98 Å². The number of thiazole rings is 1. The summed E-state index contributed by atoms with van der Waals surface area (Å²) in [6.07, 6.45) is 0. The van der Waals surface area contributed by atoms with Crippen LogP contribution in [0.15, 0.2) is 5.38 Å². The number of aryl methyl sites for hydroxylation is 1. The van der Waals surface area contributed by atoms with Crippen LogP contribution < -0.4 is 5.73 Å². The van der Waals surface area contributed by atoms with Crippen LogP contribution in [0.5, 0.6) is 0 Å². The molecule has 0 saturated heterocycles.